The van der Waals surface area contributed by atoms with E-state index < -0.39 is 10.0 Å². The van der Waals surface area contributed by atoms with E-state index in [1.54, 1.807) is 20.2 Å². The first kappa shape index (κ1) is 14.4. The van der Waals surface area contributed by atoms with Gasteiger partial charge in [-0.05, 0) is 31.8 Å². The van der Waals surface area contributed by atoms with Gasteiger partial charge in [-0.3, -0.25) is 4.72 Å². The summed E-state index contributed by atoms with van der Waals surface area (Å²) in [7, 11) is -1.78. The summed E-state index contributed by atoms with van der Waals surface area (Å²) in [4.78, 5) is 6.17. The molecule has 8 heteroatoms. The number of nitrogens with one attached hydrogen (secondary N) is 2. The van der Waals surface area contributed by atoms with E-state index in [-0.39, 0.29) is 0 Å². The first-order valence-electron chi connectivity index (χ1n) is 5.61. The van der Waals surface area contributed by atoms with Crippen molar-refractivity contribution in [2.75, 3.05) is 11.8 Å². The molecule has 0 atom stereocenters. The lowest BCUT2D eigenvalue weighted by Gasteiger charge is -2.07. The molecule has 0 aliphatic heterocycles. The zero-order valence-corrected chi connectivity index (χ0v) is 13.3. The lowest BCUT2D eigenvalue weighted by Crippen LogP contribution is -2.16. The molecule has 0 fully saturated rings. The summed E-state index contributed by atoms with van der Waals surface area (Å²) in [6.45, 7) is 4.22. The van der Waals surface area contributed by atoms with Crippen molar-refractivity contribution in [2.24, 2.45) is 0 Å². The van der Waals surface area contributed by atoms with Crippen molar-refractivity contribution in [3.63, 3.8) is 0 Å². The second-order valence-electron chi connectivity index (χ2n) is 4.08. The van der Waals surface area contributed by atoms with Crippen LogP contribution >= 0.6 is 22.7 Å². The summed E-state index contributed by atoms with van der Waals surface area (Å²) in [5, 5.41) is 5.24. The highest BCUT2D eigenvalue weighted by molar-refractivity contribution is 7.93. The van der Waals surface area contributed by atoms with Crippen LogP contribution in [0.4, 0.5) is 5.13 Å². The number of aromatic nitrogens is 1. The maximum absolute atomic E-state index is 12.4. The summed E-state index contributed by atoms with van der Waals surface area (Å²) >= 11 is 2.77. The van der Waals surface area contributed by atoms with E-state index >= 15 is 0 Å². The largest absolute Gasteiger partial charge is 0.315 e. The van der Waals surface area contributed by atoms with E-state index in [4.69, 9.17) is 0 Å². The quantitative estimate of drug-likeness (QED) is 0.888. The average molecular weight is 317 g/mol. The van der Waals surface area contributed by atoms with Crippen molar-refractivity contribution in [1.29, 1.82) is 0 Å². The maximum Gasteiger partial charge on any atom is 0.265 e. The summed E-state index contributed by atoms with van der Waals surface area (Å²) in [5.74, 6) is 0. The van der Waals surface area contributed by atoms with Gasteiger partial charge < -0.3 is 5.32 Å². The fourth-order valence-corrected chi connectivity index (χ4v) is 5.43. The average Bonchev–Trinajstić information content (AvgIpc) is 2.86. The van der Waals surface area contributed by atoms with Gasteiger partial charge in [0, 0.05) is 22.5 Å². The zero-order valence-electron chi connectivity index (χ0n) is 10.9. The highest BCUT2D eigenvalue weighted by Gasteiger charge is 2.23. The minimum absolute atomic E-state index is 0.361. The van der Waals surface area contributed by atoms with Crippen LogP contribution in [0.5, 0.6) is 0 Å². The molecule has 2 rings (SSSR count). The minimum atomic E-state index is -3.57. The standard InChI is InChI=1S/C11H15N3O2S3/c1-7-6-17-9(5-12-3)10(7)19(15,16)14-11-13-4-8(2)18-11/h4,6,12H,5H2,1-3H3,(H,13,14). The van der Waals surface area contributed by atoms with E-state index in [0.717, 1.165) is 15.3 Å². The molecule has 2 aromatic rings. The third-order valence-corrected chi connectivity index (χ3v) is 6.20. The van der Waals surface area contributed by atoms with E-state index in [0.29, 0.717) is 16.6 Å². The fraction of sp³-hybridized carbons (Fsp3) is 0.364. The van der Waals surface area contributed by atoms with Gasteiger partial charge in [0.1, 0.15) is 4.90 Å². The molecule has 104 valence electrons. The SMILES string of the molecule is CNCc1scc(C)c1S(=O)(=O)Nc1ncc(C)s1. The lowest BCUT2D eigenvalue weighted by atomic mass is 10.3. The van der Waals surface area contributed by atoms with Crippen LogP contribution in [0, 0.1) is 13.8 Å². The van der Waals surface area contributed by atoms with E-state index in [9.17, 15) is 8.42 Å². The number of nitrogens with zero attached hydrogens (tertiary/aromatic N) is 1. The molecule has 0 amide bonds. The van der Waals surface area contributed by atoms with Gasteiger partial charge in [0.2, 0.25) is 0 Å². The van der Waals surface area contributed by atoms with Gasteiger partial charge in [-0.15, -0.1) is 22.7 Å². The second kappa shape index (κ2) is 5.58. The molecule has 0 aliphatic carbocycles. The fourth-order valence-electron chi connectivity index (χ4n) is 1.70. The van der Waals surface area contributed by atoms with Gasteiger partial charge in [-0.25, -0.2) is 13.4 Å². The molecular weight excluding hydrogens is 302 g/mol. The molecule has 2 aromatic heterocycles. The van der Waals surface area contributed by atoms with Crippen LogP contribution in [0.3, 0.4) is 0 Å². The van der Waals surface area contributed by atoms with Crippen LogP contribution in [0.2, 0.25) is 0 Å². The molecule has 0 radical (unpaired) electrons. The Bertz CT molecular complexity index is 673. The highest BCUT2D eigenvalue weighted by Crippen LogP contribution is 2.29. The summed E-state index contributed by atoms with van der Waals surface area (Å²) < 4.78 is 27.4. The summed E-state index contributed by atoms with van der Waals surface area (Å²) in [6.07, 6.45) is 1.65. The molecule has 0 saturated heterocycles. The zero-order chi connectivity index (χ0) is 14.0. The molecule has 19 heavy (non-hydrogen) atoms. The van der Waals surface area contributed by atoms with Crippen LogP contribution < -0.4 is 10.0 Å². The van der Waals surface area contributed by atoms with Crippen LogP contribution in [-0.4, -0.2) is 20.4 Å². The van der Waals surface area contributed by atoms with Crippen LogP contribution in [-0.2, 0) is 16.6 Å². The molecular formula is C11H15N3O2S3. The van der Waals surface area contributed by atoms with Crippen molar-refractivity contribution >= 4 is 37.8 Å². The molecule has 0 spiro atoms. The predicted octanol–water partition coefficient (Wildman–Crippen LogP) is 2.34. The predicted molar refractivity (Wildman–Crippen MR) is 79.5 cm³/mol. The Morgan fingerprint density at radius 2 is 2.11 bits per heavy atom. The van der Waals surface area contributed by atoms with E-state index in [2.05, 4.69) is 15.0 Å². The Kier molecular flexibility index (Phi) is 4.24. The number of anilines is 1. The second-order valence-corrected chi connectivity index (χ2v) is 7.90. The van der Waals surface area contributed by atoms with E-state index in [1.165, 1.54) is 22.7 Å². The minimum Gasteiger partial charge on any atom is -0.315 e. The molecule has 0 unspecified atom stereocenters. The molecule has 2 heterocycles. The highest BCUT2D eigenvalue weighted by atomic mass is 32.2. The number of thiazole rings is 1. The Hall–Kier alpha value is -0.960. The third-order valence-electron chi connectivity index (χ3n) is 2.44. The number of rotatable bonds is 5. The normalized spacial score (nSPS) is 11.7. The lowest BCUT2D eigenvalue weighted by molar-refractivity contribution is 0.599. The van der Waals surface area contributed by atoms with E-state index in [1.807, 2.05) is 12.3 Å². The molecule has 0 bridgehead atoms. The van der Waals surface area contributed by atoms with Crippen molar-refractivity contribution in [3.8, 4) is 0 Å². The molecule has 2 N–H and O–H groups in total. The van der Waals surface area contributed by atoms with Gasteiger partial charge in [0.05, 0.1) is 0 Å². The van der Waals surface area contributed by atoms with Gasteiger partial charge in [0.25, 0.3) is 10.0 Å². The Morgan fingerprint density at radius 3 is 2.68 bits per heavy atom. The van der Waals surface area contributed by atoms with Gasteiger partial charge in [0.15, 0.2) is 5.13 Å². The van der Waals surface area contributed by atoms with Gasteiger partial charge in [-0.2, -0.15) is 0 Å². The summed E-state index contributed by atoms with van der Waals surface area (Å²) in [6, 6.07) is 0. The molecule has 0 saturated carbocycles. The topological polar surface area (TPSA) is 71.1 Å². The Balaban J connectivity index is 2.36. The number of aryl methyl sites for hydroxylation is 2. The number of thiophene rings is 1. The first-order chi connectivity index (χ1) is 8.94. The number of hydrogen-bond donors (Lipinski definition) is 2. The van der Waals surface area contributed by atoms with Crippen LogP contribution in [0.25, 0.3) is 0 Å². The van der Waals surface area contributed by atoms with Gasteiger partial charge >= 0.3 is 0 Å². The Labute approximate surface area is 120 Å². The molecule has 5 nitrogen and oxygen atoms in total. The summed E-state index contributed by atoms with van der Waals surface area (Å²) in [5.41, 5.74) is 0.760. The van der Waals surface area contributed by atoms with Crippen molar-refractivity contribution < 1.29 is 8.42 Å². The van der Waals surface area contributed by atoms with Crippen molar-refractivity contribution in [1.82, 2.24) is 10.3 Å². The third kappa shape index (κ3) is 3.14. The maximum atomic E-state index is 12.4. The number of sulfonamides is 1. The van der Waals surface area contributed by atoms with Gasteiger partial charge in [-0.1, -0.05) is 0 Å². The number of hydrogen-bond acceptors (Lipinski definition) is 6. The molecule has 0 aromatic carbocycles. The van der Waals surface area contributed by atoms with Crippen LogP contribution in [0.15, 0.2) is 16.5 Å². The molecule has 0 aliphatic rings. The van der Waals surface area contributed by atoms with Crippen LogP contribution in [0.1, 0.15) is 15.3 Å². The smallest absolute Gasteiger partial charge is 0.265 e. The first-order valence-corrected chi connectivity index (χ1v) is 8.79. The Morgan fingerprint density at radius 1 is 1.37 bits per heavy atom. The van der Waals surface area contributed by atoms with Crippen molar-refractivity contribution in [3.05, 3.63) is 26.9 Å². The van der Waals surface area contributed by atoms with Crippen molar-refractivity contribution in [2.45, 2.75) is 25.3 Å². The monoisotopic (exact) mass is 317 g/mol.